The second kappa shape index (κ2) is 7.03. The minimum atomic E-state index is -0.578. The standard InChI is InChI=1S/C19H14Cl2N4OS/c1-27-19-24-17(18(22)26)15-9-23-16(11-4-2-3-5-13(11)21)12-8-10(20)6-7-14(12)25(15)19/h2-8H,9H2,1H3,(H2,22,26). The molecule has 27 heavy (non-hydrogen) atoms. The smallest absolute Gasteiger partial charge is 0.269 e. The molecule has 0 spiro atoms. The van der Waals surface area contributed by atoms with E-state index in [2.05, 4.69) is 4.98 Å². The summed E-state index contributed by atoms with van der Waals surface area (Å²) in [5.41, 5.74) is 9.59. The normalized spacial score (nSPS) is 12.8. The number of halogens is 2. The number of rotatable bonds is 3. The van der Waals surface area contributed by atoms with E-state index in [0.717, 1.165) is 16.8 Å². The van der Waals surface area contributed by atoms with Crippen LogP contribution in [0.1, 0.15) is 27.3 Å². The highest BCUT2D eigenvalue weighted by molar-refractivity contribution is 7.98. The number of nitrogens with zero attached hydrogens (tertiary/aromatic N) is 3. The Balaban J connectivity index is 2.05. The quantitative estimate of drug-likeness (QED) is 0.644. The molecule has 2 heterocycles. The first kappa shape index (κ1) is 18.1. The number of imidazole rings is 1. The summed E-state index contributed by atoms with van der Waals surface area (Å²) < 4.78 is 1.92. The Labute approximate surface area is 170 Å². The van der Waals surface area contributed by atoms with E-state index in [-0.39, 0.29) is 12.2 Å². The molecule has 1 aliphatic rings. The molecule has 2 N–H and O–H groups in total. The molecule has 2 aromatic carbocycles. The monoisotopic (exact) mass is 416 g/mol. The van der Waals surface area contributed by atoms with Crippen molar-refractivity contribution in [3.8, 4) is 5.69 Å². The summed E-state index contributed by atoms with van der Waals surface area (Å²) in [6.07, 6.45) is 1.90. The molecule has 5 nitrogen and oxygen atoms in total. The first-order chi connectivity index (χ1) is 13.0. The first-order valence-electron chi connectivity index (χ1n) is 8.06. The van der Waals surface area contributed by atoms with Crippen molar-refractivity contribution in [3.05, 3.63) is 75.0 Å². The highest BCUT2D eigenvalue weighted by Crippen LogP contribution is 2.34. The molecule has 0 saturated heterocycles. The number of benzene rings is 2. The summed E-state index contributed by atoms with van der Waals surface area (Å²) in [6, 6.07) is 13.0. The molecule has 136 valence electrons. The molecular formula is C19H14Cl2N4OS. The van der Waals surface area contributed by atoms with Crippen molar-refractivity contribution in [2.45, 2.75) is 11.7 Å². The lowest BCUT2D eigenvalue weighted by Crippen LogP contribution is -2.14. The van der Waals surface area contributed by atoms with Gasteiger partial charge in [0.2, 0.25) is 0 Å². The van der Waals surface area contributed by atoms with Crippen LogP contribution >= 0.6 is 35.0 Å². The van der Waals surface area contributed by atoms with E-state index in [1.807, 2.05) is 47.2 Å². The van der Waals surface area contributed by atoms with Crippen molar-refractivity contribution in [1.29, 1.82) is 0 Å². The average Bonchev–Trinajstić information content (AvgIpc) is 2.94. The Morgan fingerprint density at radius 3 is 2.67 bits per heavy atom. The second-order valence-corrected chi connectivity index (χ2v) is 7.52. The molecule has 0 saturated carbocycles. The number of nitrogens with two attached hydrogens (primary N) is 1. The van der Waals surface area contributed by atoms with Gasteiger partial charge in [0, 0.05) is 21.2 Å². The zero-order valence-electron chi connectivity index (χ0n) is 14.2. The second-order valence-electron chi connectivity index (χ2n) is 5.90. The molecule has 0 aliphatic carbocycles. The summed E-state index contributed by atoms with van der Waals surface area (Å²) in [5.74, 6) is -0.578. The number of hydrogen-bond donors (Lipinski definition) is 1. The minimum absolute atomic E-state index is 0.226. The van der Waals surface area contributed by atoms with Gasteiger partial charge in [-0.3, -0.25) is 14.4 Å². The van der Waals surface area contributed by atoms with Crippen molar-refractivity contribution < 1.29 is 4.79 Å². The van der Waals surface area contributed by atoms with Crippen molar-refractivity contribution >= 4 is 46.6 Å². The molecule has 4 rings (SSSR count). The molecular weight excluding hydrogens is 403 g/mol. The van der Waals surface area contributed by atoms with E-state index >= 15 is 0 Å². The molecule has 0 unspecified atom stereocenters. The zero-order chi connectivity index (χ0) is 19.1. The number of carbonyl (C=O) groups excluding carboxylic acids is 1. The number of aliphatic imine (C=N–C) groups is 1. The van der Waals surface area contributed by atoms with Crippen LogP contribution in [0.4, 0.5) is 0 Å². The maximum absolute atomic E-state index is 11.9. The molecule has 1 aliphatic heterocycles. The van der Waals surface area contributed by atoms with Gasteiger partial charge in [-0.25, -0.2) is 4.98 Å². The maximum atomic E-state index is 11.9. The number of amides is 1. The van der Waals surface area contributed by atoms with E-state index in [4.69, 9.17) is 33.9 Å². The summed E-state index contributed by atoms with van der Waals surface area (Å²) in [4.78, 5) is 21.1. The van der Waals surface area contributed by atoms with E-state index in [0.29, 0.717) is 26.6 Å². The number of carbonyl (C=O) groups is 1. The van der Waals surface area contributed by atoms with E-state index in [1.54, 1.807) is 6.07 Å². The summed E-state index contributed by atoms with van der Waals surface area (Å²) in [5, 5.41) is 1.84. The molecule has 1 aromatic heterocycles. The van der Waals surface area contributed by atoms with Crippen LogP contribution in [0, 0.1) is 0 Å². The highest BCUT2D eigenvalue weighted by atomic mass is 35.5. The Morgan fingerprint density at radius 1 is 1.19 bits per heavy atom. The third-order valence-electron chi connectivity index (χ3n) is 4.33. The van der Waals surface area contributed by atoms with Crippen LogP contribution in [0.25, 0.3) is 5.69 Å². The molecule has 0 radical (unpaired) electrons. The molecule has 0 atom stereocenters. The molecule has 1 amide bonds. The third-order valence-corrected chi connectivity index (χ3v) is 5.53. The number of fused-ring (bicyclic) bond motifs is 3. The summed E-state index contributed by atoms with van der Waals surface area (Å²) in [6.45, 7) is 0.249. The molecule has 0 bridgehead atoms. The SMILES string of the molecule is CSc1nc(C(N)=O)c2n1-c1ccc(Cl)cc1C(c1ccccc1Cl)=NC2. The Morgan fingerprint density at radius 2 is 1.96 bits per heavy atom. The lowest BCUT2D eigenvalue weighted by Gasteiger charge is -2.14. The van der Waals surface area contributed by atoms with Gasteiger partial charge >= 0.3 is 0 Å². The van der Waals surface area contributed by atoms with Gasteiger partial charge in [-0.2, -0.15) is 0 Å². The minimum Gasteiger partial charge on any atom is -0.364 e. The Hall–Kier alpha value is -2.28. The van der Waals surface area contributed by atoms with Crippen molar-refractivity contribution in [2.75, 3.05) is 6.26 Å². The first-order valence-corrected chi connectivity index (χ1v) is 10.0. The van der Waals surface area contributed by atoms with Crippen LogP contribution in [0.2, 0.25) is 10.0 Å². The lowest BCUT2D eigenvalue weighted by atomic mass is 10.0. The number of hydrogen-bond acceptors (Lipinski definition) is 4. The highest BCUT2D eigenvalue weighted by Gasteiger charge is 2.27. The van der Waals surface area contributed by atoms with Crippen LogP contribution < -0.4 is 5.73 Å². The van der Waals surface area contributed by atoms with Crippen LogP contribution in [-0.4, -0.2) is 27.4 Å². The number of primary amides is 1. The summed E-state index contributed by atoms with van der Waals surface area (Å²) >= 11 is 14.2. The van der Waals surface area contributed by atoms with Gasteiger partial charge in [0.05, 0.1) is 23.6 Å². The number of aromatic nitrogens is 2. The van der Waals surface area contributed by atoms with Gasteiger partial charge < -0.3 is 5.73 Å². The van der Waals surface area contributed by atoms with Gasteiger partial charge in [-0.05, 0) is 30.5 Å². The third kappa shape index (κ3) is 3.04. The van der Waals surface area contributed by atoms with E-state index < -0.39 is 5.91 Å². The van der Waals surface area contributed by atoms with E-state index in [1.165, 1.54) is 11.8 Å². The topological polar surface area (TPSA) is 73.3 Å². The Bertz CT molecular complexity index is 1110. The maximum Gasteiger partial charge on any atom is 0.269 e. The van der Waals surface area contributed by atoms with Gasteiger partial charge in [-0.1, -0.05) is 53.2 Å². The fourth-order valence-electron chi connectivity index (χ4n) is 3.18. The van der Waals surface area contributed by atoms with Gasteiger partial charge in [0.25, 0.3) is 5.91 Å². The summed E-state index contributed by atoms with van der Waals surface area (Å²) in [7, 11) is 0. The van der Waals surface area contributed by atoms with Gasteiger partial charge in [0.15, 0.2) is 10.9 Å². The predicted molar refractivity (Wildman–Crippen MR) is 110 cm³/mol. The van der Waals surface area contributed by atoms with Crippen molar-refractivity contribution in [2.24, 2.45) is 10.7 Å². The fourth-order valence-corrected chi connectivity index (χ4v) is 4.15. The van der Waals surface area contributed by atoms with Crippen LogP contribution in [0.5, 0.6) is 0 Å². The van der Waals surface area contributed by atoms with Gasteiger partial charge in [0.1, 0.15) is 0 Å². The van der Waals surface area contributed by atoms with Crippen LogP contribution in [-0.2, 0) is 6.54 Å². The lowest BCUT2D eigenvalue weighted by molar-refractivity contribution is 0.0994. The molecule has 0 fully saturated rings. The zero-order valence-corrected chi connectivity index (χ0v) is 16.6. The number of thioether (sulfide) groups is 1. The van der Waals surface area contributed by atoms with Crippen molar-refractivity contribution in [3.63, 3.8) is 0 Å². The fraction of sp³-hybridized carbons (Fsp3) is 0.105. The van der Waals surface area contributed by atoms with Crippen LogP contribution in [0.15, 0.2) is 52.6 Å². The largest absolute Gasteiger partial charge is 0.364 e. The van der Waals surface area contributed by atoms with E-state index in [9.17, 15) is 4.79 Å². The molecule has 3 aromatic rings. The van der Waals surface area contributed by atoms with Crippen molar-refractivity contribution in [1.82, 2.24) is 9.55 Å². The van der Waals surface area contributed by atoms with Crippen LogP contribution in [0.3, 0.4) is 0 Å². The predicted octanol–water partition coefficient (Wildman–Crippen LogP) is 4.35. The molecule has 8 heteroatoms. The van der Waals surface area contributed by atoms with Gasteiger partial charge in [-0.15, -0.1) is 0 Å². The Kier molecular flexibility index (Phi) is 4.72. The average molecular weight is 417 g/mol.